The van der Waals surface area contributed by atoms with Gasteiger partial charge in [-0.3, -0.25) is 14.5 Å². The normalized spacial score (nSPS) is 21.9. The number of halogens is 6. The van der Waals surface area contributed by atoms with Gasteiger partial charge in [-0.15, -0.1) is 0 Å². The standard InChI is InChI=1S/C29H29F2N2O3.C21H24N2O2.C8H5BrF2O.BrH/c30-22-11-12-24(25(31)17-22)26(34)18-33-15-13-20(14-16-33)27(19-33)36-29(35)28(21-7-3-1-4-8-21)32-23-9-5-2-6-10-23;24-21(25-19-15-23-13-11-16(19)12-14-23)20(17-7-3-1-4-8-17)22-18-9-5-2-6-10-18;9-4-8(12)6-2-1-5(10)3-7(6)11;/h1-12,17,20,27-28,32H,13-16,18-19H2;1-10,16,19-20,22H,11-15H2;1-3H,4H2;1H/q+1;;;/p-1/t20?,27-,28+,33?;19-,20+;;/m00../s1. The van der Waals surface area contributed by atoms with Gasteiger partial charge in [0.15, 0.2) is 24.0 Å². The third-order valence-electron chi connectivity index (χ3n) is 14.1. The van der Waals surface area contributed by atoms with Crippen LogP contribution in [0.25, 0.3) is 0 Å². The quantitative estimate of drug-likeness (QED) is 0.0346. The van der Waals surface area contributed by atoms with E-state index in [1.54, 1.807) is 0 Å². The van der Waals surface area contributed by atoms with Crippen LogP contribution in [0.15, 0.2) is 158 Å². The molecule has 16 heteroatoms. The van der Waals surface area contributed by atoms with Crippen molar-refractivity contribution in [3.63, 3.8) is 0 Å². The maximum Gasteiger partial charge on any atom is 0.333 e. The molecule has 0 unspecified atom stereocenters. The summed E-state index contributed by atoms with van der Waals surface area (Å²) in [5, 5.41) is 6.67. The highest BCUT2D eigenvalue weighted by Crippen LogP contribution is 2.37. The molecule has 388 valence electrons. The third-order valence-corrected chi connectivity index (χ3v) is 14.7. The number of fused-ring (bicyclic) bond motifs is 6. The number of benzene rings is 6. The summed E-state index contributed by atoms with van der Waals surface area (Å²) >= 11 is 2.89. The second-order valence-electron chi connectivity index (χ2n) is 19.0. The van der Waals surface area contributed by atoms with Gasteiger partial charge >= 0.3 is 11.9 Å². The lowest BCUT2D eigenvalue weighted by Crippen LogP contribution is -3.00. The lowest BCUT2D eigenvalue weighted by molar-refractivity contribution is -0.938. The van der Waals surface area contributed by atoms with Crippen LogP contribution in [-0.4, -0.2) is 96.2 Å². The van der Waals surface area contributed by atoms with Gasteiger partial charge < -0.3 is 41.6 Å². The number of ether oxygens (including phenoxy) is 2. The molecule has 74 heavy (non-hydrogen) atoms. The highest BCUT2D eigenvalue weighted by atomic mass is 79.9. The van der Waals surface area contributed by atoms with Crippen LogP contribution >= 0.6 is 15.9 Å². The molecule has 0 saturated carbocycles. The summed E-state index contributed by atoms with van der Waals surface area (Å²) in [5.41, 5.74) is 3.28. The Kier molecular flexibility index (Phi) is 19.8. The van der Waals surface area contributed by atoms with Gasteiger partial charge in [-0.2, -0.15) is 0 Å². The van der Waals surface area contributed by atoms with Gasteiger partial charge in [-0.25, -0.2) is 27.2 Å². The van der Waals surface area contributed by atoms with Crippen molar-refractivity contribution in [3.8, 4) is 0 Å². The number of piperidine rings is 6. The van der Waals surface area contributed by atoms with Crippen LogP contribution in [0.1, 0.15) is 69.6 Å². The van der Waals surface area contributed by atoms with Gasteiger partial charge in [0.2, 0.25) is 5.78 Å². The van der Waals surface area contributed by atoms with E-state index in [1.165, 1.54) is 6.07 Å². The van der Waals surface area contributed by atoms with Gasteiger partial charge in [0.25, 0.3) is 0 Å². The predicted molar refractivity (Wildman–Crippen MR) is 275 cm³/mol. The summed E-state index contributed by atoms with van der Waals surface area (Å²) in [7, 11) is 0. The molecule has 6 saturated heterocycles. The molecular formula is C58H58Br2F4N4O6. The van der Waals surface area contributed by atoms with Crippen molar-refractivity contribution in [2.45, 2.75) is 50.0 Å². The maximum atomic E-state index is 14.2. The summed E-state index contributed by atoms with van der Waals surface area (Å²) < 4.78 is 65.2. The molecule has 0 amide bonds. The Bertz CT molecular complexity index is 2810. The minimum atomic E-state index is -0.842. The van der Waals surface area contributed by atoms with Gasteiger partial charge in [-0.05, 0) is 91.5 Å². The number of alkyl halides is 1. The van der Waals surface area contributed by atoms with E-state index in [1.807, 2.05) is 121 Å². The third kappa shape index (κ3) is 14.6. The van der Waals surface area contributed by atoms with Crippen molar-refractivity contribution in [1.82, 2.24) is 4.90 Å². The van der Waals surface area contributed by atoms with Gasteiger partial charge in [-0.1, -0.05) is 113 Å². The Morgan fingerprint density at radius 1 is 0.568 bits per heavy atom. The number of quaternary nitrogens is 1. The van der Waals surface area contributed by atoms with E-state index < -0.39 is 41.1 Å². The van der Waals surface area contributed by atoms with E-state index in [9.17, 15) is 36.7 Å². The molecule has 4 bridgehead atoms. The second kappa shape index (κ2) is 26.3. The second-order valence-corrected chi connectivity index (χ2v) is 19.6. The van der Waals surface area contributed by atoms with E-state index >= 15 is 0 Å². The molecule has 0 aliphatic carbocycles. The van der Waals surface area contributed by atoms with Crippen LogP contribution in [-0.2, 0) is 19.1 Å². The first-order valence-corrected chi connectivity index (χ1v) is 25.7. The molecule has 4 atom stereocenters. The van der Waals surface area contributed by atoms with E-state index in [0.717, 1.165) is 105 Å². The van der Waals surface area contributed by atoms with E-state index in [2.05, 4.69) is 31.5 Å². The monoisotopic (exact) mass is 1140 g/mol. The van der Waals surface area contributed by atoms with Crippen LogP contribution in [0.3, 0.4) is 0 Å². The summed E-state index contributed by atoms with van der Waals surface area (Å²) in [5.74, 6) is -3.60. The number of ketones is 2. The Morgan fingerprint density at radius 2 is 0.986 bits per heavy atom. The zero-order valence-electron chi connectivity index (χ0n) is 40.6. The SMILES string of the molecule is O=C(CBr)c1ccc(F)cc1F.O=C(C[N+]12CCC(CC1)[C@@H](OC(=O)[C@H](Nc1ccccc1)c1ccccc1)C2)c1ccc(F)cc1F.O=C(O[C@H]1CN2CCC1CC2)[C@H](Nc1ccccc1)c1ccccc1.[Br-]. The summed E-state index contributed by atoms with van der Waals surface area (Å²) in [6.45, 7) is 5.33. The lowest BCUT2D eigenvalue weighted by atomic mass is 9.82. The lowest BCUT2D eigenvalue weighted by Gasteiger charge is -2.51. The van der Waals surface area contributed by atoms with Crippen molar-refractivity contribution >= 4 is 50.8 Å². The minimum absolute atomic E-state index is 0. The smallest absolute Gasteiger partial charge is 0.333 e. The fourth-order valence-electron chi connectivity index (χ4n) is 10.2. The molecular weight excluding hydrogens is 1080 g/mol. The molecule has 10 nitrogen and oxygen atoms in total. The Morgan fingerprint density at radius 3 is 1.41 bits per heavy atom. The largest absolute Gasteiger partial charge is 1.00 e. The number of hydrogen-bond acceptors (Lipinski definition) is 9. The average molecular weight is 1140 g/mol. The number of carbonyl (C=O) groups excluding carboxylic acids is 4. The van der Waals surface area contributed by atoms with Gasteiger partial charge in [0.1, 0.15) is 42.5 Å². The van der Waals surface area contributed by atoms with Crippen molar-refractivity contribution < 1.29 is 67.7 Å². The van der Waals surface area contributed by atoms with Crippen LogP contribution in [0, 0.1) is 35.1 Å². The topological polar surface area (TPSA) is 114 Å². The Hall–Kier alpha value is -6.20. The minimum Gasteiger partial charge on any atom is -1.00 e. The van der Waals surface area contributed by atoms with Crippen LogP contribution in [0.5, 0.6) is 0 Å². The highest BCUT2D eigenvalue weighted by molar-refractivity contribution is 9.09. The van der Waals surface area contributed by atoms with E-state index in [0.29, 0.717) is 23.0 Å². The number of nitrogens with one attached hydrogen (secondary N) is 2. The first-order chi connectivity index (χ1) is 35.4. The molecule has 6 aliphatic heterocycles. The first kappa shape index (κ1) is 55.5. The fraction of sp³-hybridized carbons (Fsp3) is 0.310. The summed E-state index contributed by atoms with van der Waals surface area (Å²) in [6.07, 6.45) is 3.65. The zero-order valence-corrected chi connectivity index (χ0v) is 43.7. The molecule has 0 radical (unpaired) electrons. The number of Topliss-reactive ketones (excluding diaryl/α,β-unsaturated/α-hetero) is 2. The van der Waals surface area contributed by atoms with E-state index in [4.69, 9.17) is 9.47 Å². The number of rotatable bonds is 15. The molecule has 0 aromatic heterocycles. The van der Waals surface area contributed by atoms with Crippen LogP contribution < -0.4 is 27.6 Å². The van der Waals surface area contributed by atoms with Crippen molar-refractivity contribution in [3.05, 3.63) is 203 Å². The maximum absolute atomic E-state index is 14.2. The predicted octanol–water partition coefficient (Wildman–Crippen LogP) is 8.18. The average Bonchev–Trinajstić information content (AvgIpc) is 3.41. The van der Waals surface area contributed by atoms with Crippen molar-refractivity contribution in [1.29, 1.82) is 0 Å². The molecule has 0 spiro atoms. The number of hydrogen-bond donors (Lipinski definition) is 2. The summed E-state index contributed by atoms with van der Waals surface area (Å²) in [6, 6.07) is 43.4. The molecule has 6 aromatic rings. The molecule has 6 fully saturated rings. The molecule has 6 aromatic carbocycles. The number of para-hydroxylation sites is 2. The number of nitrogens with zero attached hydrogens (tertiary/aromatic N) is 2. The number of carbonyl (C=O) groups is 4. The highest BCUT2D eigenvalue weighted by Gasteiger charge is 2.49. The van der Waals surface area contributed by atoms with Crippen molar-refractivity contribution in [2.24, 2.45) is 11.8 Å². The Labute approximate surface area is 447 Å². The van der Waals surface area contributed by atoms with Crippen molar-refractivity contribution in [2.75, 3.05) is 61.8 Å². The van der Waals surface area contributed by atoms with Gasteiger partial charge in [0, 0.05) is 48.8 Å². The van der Waals surface area contributed by atoms with Crippen LogP contribution in [0.2, 0.25) is 0 Å². The Balaban J connectivity index is 0.000000182. The zero-order chi connectivity index (χ0) is 51.3. The summed E-state index contributed by atoms with van der Waals surface area (Å²) in [4.78, 5) is 52.8. The molecule has 6 aliphatic rings. The van der Waals surface area contributed by atoms with Crippen LogP contribution in [0.4, 0.5) is 28.9 Å². The number of anilines is 2. The van der Waals surface area contributed by atoms with E-state index in [-0.39, 0.29) is 75.8 Å². The number of esters is 2. The first-order valence-electron chi connectivity index (χ1n) is 24.6. The molecule has 6 heterocycles. The molecule has 12 rings (SSSR count). The van der Waals surface area contributed by atoms with Gasteiger partial charge in [0.05, 0.1) is 29.5 Å². The molecule has 2 N–H and O–H groups in total. The fourth-order valence-corrected chi connectivity index (χ4v) is 10.5.